The number of anilines is 1. The Morgan fingerprint density at radius 3 is 2.62 bits per heavy atom. The van der Waals surface area contributed by atoms with Crippen molar-refractivity contribution in [2.75, 3.05) is 18.9 Å². The average molecular weight is 371 g/mol. The molecule has 0 unspecified atom stereocenters. The van der Waals surface area contributed by atoms with Gasteiger partial charge >= 0.3 is 0 Å². The molecule has 0 saturated carbocycles. The number of ether oxygens (including phenoxy) is 1. The Kier molecular flexibility index (Phi) is 5.22. The van der Waals surface area contributed by atoms with Crippen LogP contribution in [-0.4, -0.2) is 21.6 Å². The number of halogens is 1. The first-order valence-electron chi connectivity index (χ1n) is 6.21. The standard InChI is InChI=1S/C14H15BrN2O3S/c15-13-6-1-2-7-14(13)21(18,19)17-8-9-20-12-5-3-4-11(16)10-12/h1-7,10,17H,8-9,16H2. The summed E-state index contributed by atoms with van der Waals surface area (Å²) in [5.74, 6) is 0.607. The van der Waals surface area contributed by atoms with Crippen LogP contribution >= 0.6 is 15.9 Å². The molecule has 112 valence electrons. The van der Waals surface area contributed by atoms with Crippen molar-refractivity contribution < 1.29 is 13.2 Å². The number of sulfonamides is 1. The van der Waals surface area contributed by atoms with E-state index in [2.05, 4.69) is 20.7 Å². The van der Waals surface area contributed by atoms with Crippen LogP contribution in [0, 0.1) is 0 Å². The summed E-state index contributed by atoms with van der Waals surface area (Å²) >= 11 is 3.22. The minimum Gasteiger partial charge on any atom is -0.492 e. The smallest absolute Gasteiger partial charge is 0.241 e. The van der Waals surface area contributed by atoms with Gasteiger partial charge in [-0.2, -0.15) is 0 Å². The molecule has 0 saturated heterocycles. The molecule has 7 heteroatoms. The normalized spacial score (nSPS) is 11.3. The summed E-state index contributed by atoms with van der Waals surface area (Å²) in [5, 5.41) is 0. The molecule has 0 fully saturated rings. The maximum absolute atomic E-state index is 12.1. The molecule has 0 atom stereocenters. The van der Waals surface area contributed by atoms with E-state index in [1.165, 1.54) is 6.07 Å². The van der Waals surface area contributed by atoms with E-state index >= 15 is 0 Å². The molecule has 0 aliphatic heterocycles. The van der Waals surface area contributed by atoms with E-state index in [4.69, 9.17) is 10.5 Å². The zero-order valence-electron chi connectivity index (χ0n) is 11.1. The van der Waals surface area contributed by atoms with Crippen molar-refractivity contribution in [2.24, 2.45) is 0 Å². The van der Waals surface area contributed by atoms with Gasteiger partial charge in [-0.3, -0.25) is 0 Å². The minimum absolute atomic E-state index is 0.165. The molecule has 21 heavy (non-hydrogen) atoms. The van der Waals surface area contributed by atoms with Gasteiger partial charge in [0, 0.05) is 22.8 Å². The van der Waals surface area contributed by atoms with Gasteiger partial charge in [-0.15, -0.1) is 0 Å². The number of hydrogen-bond acceptors (Lipinski definition) is 4. The molecule has 0 heterocycles. The molecule has 3 N–H and O–H groups in total. The predicted molar refractivity (Wildman–Crippen MR) is 85.7 cm³/mol. The van der Waals surface area contributed by atoms with E-state index in [0.29, 0.717) is 15.9 Å². The Morgan fingerprint density at radius 1 is 1.14 bits per heavy atom. The fraction of sp³-hybridized carbons (Fsp3) is 0.143. The summed E-state index contributed by atoms with van der Waals surface area (Å²) in [6, 6.07) is 13.6. The van der Waals surface area contributed by atoms with E-state index in [1.54, 1.807) is 42.5 Å². The lowest BCUT2D eigenvalue weighted by molar-refractivity contribution is 0.323. The van der Waals surface area contributed by atoms with Crippen molar-refractivity contribution in [2.45, 2.75) is 4.90 Å². The minimum atomic E-state index is -3.56. The van der Waals surface area contributed by atoms with Crippen LogP contribution in [0.25, 0.3) is 0 Å². The lowest BCUT2D eigenvalue weighted by Gasteiger charge is -2.10. The molecule has 0 amide bonds. The van der Waals surface area contributed by atoms with Gasteiger partial charge in [0.2, 0.25) is 10.0 Å². The van der Waals surface area contributed by atoms with Gasteiger partial charge in [0.25, 0.3) is 0 Å². The summed E-state index contributed by atoms with van der Waals surface area (Å²) in [6.45, 7) is 0.381. The first-order chi connectivity index (χ1) is 9.99. The van der Waals surface area contributed by atoms with Gasteiger partial charge in [-0.25, -0.2) is 13.1 Å². The molecule has 2 aromatic rings. The van der Waals surface area contributed by atoms with Crippen LogP contribution in [0.5, 0.6) is 5.75 Å². The molecule has 5 nitrogen and oxygen atoms in total. The van der Waals surface area contributed by atoms with Gasteiger partial charge < -0.3 is 10.5 Å². The molecule has 2 aromatic carbocycles. The molecule has 0 radical (unpaired) electrons. The highest BCUT2D eigenvalue weighted by atomic mass is 79.9. The summed E-state index contributed by atoms with van der Waals surface area (Å²) in [5.41, 5.74) is 6.23. The van der Waals surface area contributed by atoms with Gasteiger partial charge in [0.15, 0.2) is 0 Å². The fourth-order valence-electron chi connectivity index (χ4n) is 1.69. The molecule has 0 bridgehead atoms. The number of benzene rings is 2. The summed E-state index contributed by atoms with van der Waals surface area (Å²) in [7, 11) is -3.56. The fourth-order valence-corrected chi connectivity index (χ4v) is 3.70. The van der Waals surface area contributed by atoms with Crippen LogP contribution in [0.2, 0.25) is 0 Å². The third kappa shape index (κ3) is 4.45. The quantitative estimate of drug-likeness (QED) is 0.604. The van der Waals surface area contributed by atoms with Crippen LogP contribution in [0.4, 0.5) is 5.69 Å². The average Bonchev–Trinajstić information content (AvgIpc) is 2.44. The first kappa shape index (κ1) is 15.8. The summed E-state index contributed by atoms with van der Waals surface area (Å²) in [4.78, 5) is 0.203. The number of rotatable bonds is 6. The third-order valence-corrected chi connectivity index (χ3v) is 5.12. The Balaban J connectivity index is 1.90. The Morgan fingerprint density at radius 2 is 1.90 bits per heavy atom. The highest BCUT2D eigenvalue weighted by Crippen LogP contribution is 2.20. The maximum atomic E-state index is 12.1. The lowest BCUT2D eigenvalue weighted by Crippen LogP contribution is -2.28. The number of nitrogens with two attached hydrogens (primary N) is 1. The first-order valence-corrected chi connectivity index (χ1v) is 8.49. The van der Waals surface area contributed by atoms with Crippen LogP contribution in [-0.2, 0) is 10.0 Å². The van der Waals surface area contributed by atoms with Gasteiger partial charge in [-0.1, -0.05) is 18.2 Å². The van der Waals surface area contributed by atoms with E-state index < -0.39 is 10.0 Å². The molecular formula is C14H15BrN2O3S. The van der Waals surface area contributed by atoms with Crippen molar-refractivity contribution >= 4 is 31.6 Å². The number of nitrogen functional groups attached to an aromatic ring is 1. The Labute approximate surface area is 132 Å². The molecule has 0 spiro atoms. The van der Waals surface area contributed by atoms with Crippen LogP contribution in [0.15, 0.2) is 57.9 Å². The summed E-state index contributed by atoms with van der Waals surface area (Å²) in [6.07, 6.45) is 0. The van der Waals surface area contributed by atoms with Crippen molar-refractivity contribution in [1.29, 1.82) is 0 Å². The largest absolute Gasteiger partial charge is 0.492 e. The second-order valence-electron chi connectivity index (χ2n) is 4.25. The molecule has 0 aliphatic carbocycles. The predicted octanol–water partition coefficient (Wildman–Crippen LogP) is 2.39. The molecule has 0 aliphatic rings. The molecule has 0 aromatic heterocycles. The topological polar surface area (TPSA) is 81.4 Å². The van der Waals surface area contributed by atoms with E-state index in [-0.39, 0.29) is 18.0 Å². The Bertz CT molecular complexity index is 720. The van der Waals surface area contributed by atoms with Crippen molar-refractivity contribution in [3.8, 4) is 5.75 Å². The monoisotopic (exact) mass is 370 g/mol. The van der Waals surface area contributed by atoms with Crippen molar-refractivity contribution in [1.82, 2.24) is 4.72 Å². The van der Waals surface area contributed by atoms with E-state index in [1.807, 2.05) is 0 Å². The zero-order valence-corrected chi connectivity index (χ0v) is 13.5. The maximum Gasteiger partial charge on any atom is 0.241 e. The molecular weight excluding hydrogens is 356 g/mol. The van der Waals surface area contributed by atoms with Crippen LogP contribution in [0.3, 0.4) is 0 Å². The second kappa shape index (κ2) is 6.93. The second-order valence-corrected chi connectivity index (χ2v) is 6.84. The number of nitrogens with one attached hydrogen (secondary N) is 1. The summed E-state index contributed by atoms with van der Waals surface area (Å²) < 4.78 is 32.6. The van der Waals surface area contributed by atoms with Crippen molar-refractivity contribution in [3.05, 3.63) is 53.0 Å². The van der Waals surface area contributed by atoms with Gasteiger partial charge in [0.1, 0.15) is 12.4 Å². The highest BCUT2D eigenvalue weighted by Gasteiger charge is 2.16. The van der Waals surface area contributed by atoms with Gasteiger partial charge in [-0.05, 0) is 40.2 Å². The SMILES string of the molecule is Nc1cccc(OCCNS(=O)(=O)c2ccccc2Br)c1. The molecule has 2 rings (SSSR count). The van der Waals surface area contributed by atoms with Crippen LogP contribution < -0.4 is 15.2 Å². The lowest BCUT2D eigenvalue weighted by atomic mass is 10.3. The van der Waals surface area contributed by atoms with Crippen molar-refractivity contribution in [3.63, 3.8) is 0 Å². The van der Waals surface area contributed by atoms with E-state index in [9.17, 15) is 8.42 Å². The highest BCUT2D eigenvalue weighted by molar-refractivity contribution is 9.10. The van der Waals surface area contributed by atoms with E-state index in [0.717, 1.165) is 0 Å². The number of hydrogen-bond donors (Lipinski definition) is 2. The van der Waals surface area contributed by atoms with Gasteiger partial charge in [0.05, 0.1) is 4.90 Å². The Hall–Kier alpha value is -1.57. The van der Waals surface area contributed by atoms with Crippen LogP contribution in [0.1, 0.15) is 0 Å². The zero-order chi connectivity index (χ0) is 15.3. The third-order valence-electron chi connectivity index (χ3n) is 2.65.